The van der Waals surface area contributed by atoms with Crippen LogP contribution in [0.2, 0.25) is 0 Å². The van der Waals surface area contributed by atoms with Crippen LogP contribution in [0.25, 0.3) is 23.2 Å². The van der Waals surface area contributed by atoms with Crippen LogP contribution in [0.4, 0.5) is 5.69 Å². The van der Waals surface area contributed by atoms with Gasteiger partial charge in [-0.3, -0.25) is 19.2 Å². The van der Waals surface area contributed by atoms with E-state index in [9.17, 15) is 4.79 Å². The molecule has 2 aliphatic rings. The van der Waals surface area contributed by atoms with E-state index in [1.807, 2.05) is 24.3 Å². The van der Waals surface area contributed by atoms with Crippen molar-refractivity contribution in [2.75, 3.05) is 44.6 Å². The van der Waals surface area contributed by atoms with E-state index in [0.29, 0.717) is 6.54 Å². The number of fused-ring (bicyclic) bond motifs is 3. The molecule has 0 aliphatic carbocycles. The fraction of sp³-hybridized carbons (Fsp3) is 0.281. The highest BCUT2D eigenvalue weighted by Crippen LogP contribution is 2.32. The van der Waals surface area contributed by atoms with E-state index in [1.165, 1.54) is 16.7 Å². The van der Waals surface area contributed by atoms with Gasteiger partial charge in [0, 0.05) is 50.4 Å². The maximum Gasteiger partial charge on any atom is 0.238 e. The Labute approximate surface area is 229 Å². The van der Waals surface area contributed by atoms with E-state index < -0.39 is 0 Å². The number of rotatable bonds is 7. The van der Waals surface area contributed by atoms with Gasteiger partial charge in [-0.05, 0) is 48.2 Å². The van der Waals surface area contributed by atoms with Crippen molar-refractivity contribution >= 4 is 17.7 Å². The number of nitrogens with one attached hydrogen (secondary N) is 1. The Balaban J connectivity index is 1.05. The predicted molar refractivity (Wildman–Crippen MR) is 156 cm³/mol. The second-order valence-corrected chi connectivity index (χ2v) is 10.4. The molecule has 0 saturated carbocycles. The second kappa shape index (κ2) is 11.4. The van der Waals surface area contributed by atoms with E-state index in [0.717, 1.165) is 74.2 Å². The van der Waals surface area contributed by atoms with Gasteiger partial charge in [-0.2, -0.15) is 0 Å². The van der Waals surface area contributed by atoms with E-state index in [1.54, 1.807) is 0 Å². The van der Waals surface area contributed by atoms with Crippen LogP contribution in [0.1, 0.15) is 22.5 Å². The normalized spacial score (nSPS) is 15.7. The van der Waals surface area contributed by atoms with Gasteiger partial charge in [0.05, 0.1) is 12.2 Å². The first-order valence-electron chi connectivity index (χ1n) is 13.7. The quantitative estimate of drug-likeness (QED) is 0.387. The lowest BCUT2D eigenvalue weighted by Crippen LogP contribution is -2.48. The summed E-state index contributed by atoms with van der Waals surface area (Å²) >= 11 is 0. The second-order valence-electron chi connectivity index (χ2n) is 10.4. The molecule has 6 rings (SSSR count). The van der Waals surface area contributed by atoms with E-state index >= 15 is 0 Å². The number of carbonyl (C=O) groups excluding carboxylic acids is 1. The van der Waals surface area contributed by atoms with Gasteiger partial charge in [0.2, 0.25) is 5.91 Å². The third-order valence-corrected chi connectivity index (χ3v) is 7.64. The summed E-state index contributed by atoms with van der Waals surface area (Å²) in [6, 6.07) is 24.8. The summed E-state index contributed by atoms with van der Waals surface area (Å²) in [6.45, 7) is 7.18. The van der Waals surface area contributed by atoms with Gasteiger partial charge in [-0.1, -0.05) is 66.7 Å². The van der Waals surface area contributed by atoms with Crippen LogP contribution < -0.4 is 5.32 Å². The van der Waals surface area contributed by atoms with E-state index in [-0.39, 0.29) is 5.91 Å². The third kappa shape index (κ3) is 5.70. The number of carbonyl (C=O) groups is 1. The molecule has 198 valence electrons. The fourth-order valence-electron chi connectivity index (χ4n) is 5.49. The monoisotopic (exact) mass is 518 g/mol. The molecule has 3 heterocycles. The zero-order valence-corrected chi connectivity index (χ0v) is 22.4. The molecule has 7 nitrogen and oxygen atoms in total. The molecule has 0 atom stereocenters. The average Bonchev–Trinajstić information content (AvgIpc) is 3.39. The number of hydrogen-bond donors (Lipinski definition) is 1. The Hall–Kier alpha value is -4.07. The molecule has 0 bridgehead atoms. The molecule has 0 unspecified atom stereocenters. The molecular weight excluding hydrogens is 484 g/mol. The number of nitrogens with zero attached hydrogens (tertiary/aromatic N) is 5. The third-order valence-electron chi connectivity index (χ3n) is 7.64. The lowest BCUT2D eigenvalue weighted by Gasteiger charge is -2.33. The van der Waals surface area contributed by atoms with Gasteiger partial charge in [-0.25, -0.2) is 0 Å². The standard InChI is InChI=1S/C32H34N6O/c1-24-8-5-6-12-28(24)32-35-34-30-16-13-26-22-27(14-15-29(26)38(30)32)33-31(39)23-37-20-18-36(19-21-37)17-7-11-25-9-3-2-4-10-25/h2-12,14-15,22H,13,16-21,23H2,1H3,(H,33,39)/b11-7+. The van der Waals surface area contributed by atoms with Gasteiger partial charge >= 0.3 is 0 Å². The van der Waals surface area contributed by atoms with Crippen molar-refractivity contribution in [1.82, 2.24) is 24.6 Å². The largest absolute Gasteiger partial charge is 0.325 e. The average molecular weight is 519 g/mol. The lowest BCUT2D eigenvalue weighted by molar-refractivity contribution is -0.117. The maximum absolute atomic E-state index is 12.9. The summed E-state index contributed by atoms with van der Waals surface area (Å²) in [5.74, 6) is 1.89. The molecule has 1 aromatic heterocycles. The molecule has 39 heavy (non-hydrogen) atoms. The minimum atomic E-state index is 0.0359. The highest BCUT2D eigenvalue weighted by atomic mass is 16.2. The molecule has 1 fully saturated rings. The maximum atomic E-state index is 12.9. The van der Waals surface area contributed by atoms with E-state index in [4.69, 9.17) is 0 Å². The Morgan fingerprint density at radius 3 is 2.49 bits per heavy atom. The number of aryl methyl sites for hydroxylation is 3. The van der Waals surface area contributed by atoms with Crippen molar-refractivity contribution in [2.45, 2.75) is 19.8 Å². The van der Waals surface area contributed by atoms with Crippen LogP contribution in [-0.4, -0.2) is 69.7 Å². The highest BCUT2D eigenvalue weighted by Gasteiger charge is 2.24. The summed E-state index contributed by atoms with van der Waals surface area (Å²) in [6.07, 6.45) is 6.10. The van der Waals surface area contributed by atoms with Crippen molar-refractivity contribution in [2.24, 2.45) is 0 Å². The highest BCUT2D eigenvalue weighted by molar-refractivity contribution is 5.92. The van der Waals surface area contributed by atoms with Crippen LogP contribution in [0.5, 0.6) is 0 Å². The molecule has 1 amide bonds. The van der Waals surface area contributed by atoms with Crippen LogP contribution in [0, 0.1) is 6.92 Å². The van der Waals surface area contributed by atoms with E-state index in [2.05, 4.69) is 97.5 Å². The number of hydrogen-bond acceptors (Lipinski definition) is 5. The summed E-state index contributed by atoms with van der Waals surface area (Å²) in [5.41, 5.74) is 6.63. The zero-order chi connectivity index (χ0) is 26.6. The summed E-state index contributed by atoms with van der Waals surface area (Å²) in [7, 11) is 0. The Bertz CT molecular complexity index is 1480. The molecular formula is C32H34N6O. The predicted octanol–water partition coefficient (Wildman–Crippen LogP) is 4.61. The summed E-state index contributed by atoms with van der Waals surface area (Å²) in [4.78, 5) is 17.6. The molecule has 0 spiro atoms. The van der Waals surface area contributed by atoms with Crippen molar-refractivity contribution < 1.29 is 4.79 Å². The number of amides is 1. The SMILES string of the molecule is Cc1ccccc1-c1nnc2n1-c1ccc(NC(=O)CN3CCN(C/C=C/c4ccccc4)CC3)cc1CC2. The summed E-state index contributed by atoms with van der Waals surface area (Å²) < 4.78 is 2.17. The van der Waals surface area contributed by atoms with Crippen molar-refractivity contribution in [1.29, 1.82) is 0 Å². The smallest absolute Gasteiger partial charge is 0.238 e. The Morgan fingerprint density at radius 1 is 0.897 bits per heavy atom. The molecule has 1 saturated heterocycles. The molecule has 3 aromatic carbocycles. The molecule has 0 radical (unpaired) electrons. The van der Waals surface area contributed by atoms with Crippen molar-refractivity contribution in [3.8, 4) is 17.1 Å². The molecule has 1 N–H and O–H groups in total. The van der Waals surface area contributed by atoms with Crippen LogP contribution in [0.15, 0.2) is 78.9 Å². The first-order valence-corrected chi connectivity index (χ1v) is 13.7. The van der Waals surface area contributed by atoms with Gasteiger partial charge in [0.15, 0.2) is 5.82 Å². The van der Waals surface area contributed by atoms with Crippen molar-refractivity contribution in [3.63, 3.8) is 0 Å². The van der Waals surface area contributed by atoms with Crippen LogP contribution in [0.3, 0.4) is 0 Å². The Morgan fingerprint density at radius 2 is 1.67 bits per heavy atom. The number of benzene rings is 3. The minimum absolute atomic E-state index is 0.0359. The Kier molecular flexibility index (Phi) is 7.34. The number of aromatic nitrogens is 3. The fourth-order valence-corrected chi connectivity index (χ4v) is 5.49. The van der Waals surface area contributed by atoms with Gasteiger partial charge in [0.25, 0.3) is 0 Å². The molecule has 7 heteroatoms. The van der Waals surface area contributed by atoms with Crippen molar-refractivity contribution in [3.05, 3.63) is 101 Å². The minimum Gasteiger partial charge on any atom is -0.325 e. The number of piperazine rings is 1. The van der Waals surface area contributed by atoms with Gasteiger partial charge < -0.3 is 5.32 Å². The topological polar surface area (TPSA) is 66.3 Å². The molecule has 2 aliphatic heterocycles. The first kappa shape index (κ1) is 25.2. The summed E-state index contributed by atoms with van der Waals surface area (Å²) in [5, 5.41) is 12.1. The van der Waals surface area contributed by atoms with Gasteiger partial charge in [0.1, 0.15) is 5.82 Å². The van der Waals surface area contributed by atoms with Crippen LogP contribution >= 0.6 is 0 Å². The van der Waals surface area contributed by atoms with Gasteiger partial charge in [-0.15, -0.1) is 10.2 Å². The number of anilines is 1. The first-order chi connectivity index (χ1) is 19.1. The zero-order valence-electron chi connectivity index (χ0n) is 22.4. The molecule has 4 aromatic rings. The van der Waals surface area contributed by atoms with Crippen LogP contribution in [-0.2, 0) is 17.6 Å². The lowest BCUT2D eigenvalue weighted by atomic mass is 10.0.